The van der Waals surface area contributed by atoms with Crippen molar-refractivity contribution < 1.29 is 13.2 Å². The highest BCUT2D eigenvalue weighted by atomic mass is 35.5. The molecule has 0 spiro atoms. The number of hydrogen-bond donors (Lipinski definition) is 0. The second-order valence-electron chi connectivity index (χ2n) is 6.67. The maximum Gasteiger partial charge on any atom is 0.252 e. The molecule has 10 heteroatoms. The van der Waals surface area contributed by atoms with Gasteiger partial charge in [0.2, 0.25) is 5.91 Å². The van der Waals surface area contributed by atoms with E-state index in [1.165, 1.54) is 20.8 Å². The summed E-state index contributed by atoms with van der Waals surface area (Å²) in [6, 6.07) is 5.27. The van der Waals surface area contributed by atoms with E-state index >= 15 is 0 Å². The summed E-state index contributed by atoms with van der Waals surface area (Å²) < 4.78 is 27.5. The van der Waals surface area contributed by atoms with Crippen LogP contribution in [0, 0.1) is 0 Å². The highest BCUT2D eigenvalue weighted by Crippen LogP contribution is 2.29. The number of halogens is 1. The van der Waals surface area contributed by atoms with E-state index in [0.717, 1.165) is 30.8 Å². The first-order chi connectivity index (χ1) is 12.9. The van der Waals surface area contributed by atoms with Gasteiger partial charge in [0, 0.05) is 44.1 Å². The van der Waals surface area contributed by atoms with Crippen molar-refractivity contribution in [2.75, 3.05) is 39.3 Å². The molecule has 0 unspecified atom stereocenters. The zero-order valence-corrected chi connectivity index (χ0v) is 17.8. The summed E-state index contributed by atoms with van der Waals surface area (Å²) in [6.45, 7) is 3.59. The Morgan fingerprint density at radius 1 is 1.11 bits per heavy atom. The molecule has 2 aromatic rings. The van der Waals surface area contributed by atoms with Crippen LogP contribution < -0.4 is 0 Å². The van der Waals surface area contributed by atoms with Gasteiger partial charge in [0.15, 0.2) is 0 Å². The topological polar surface area (TPSA) is 60.9 Å². The molecule has 27 heavy (non-hydrogen) atoms. The Hall–Kier alpha value is -0.970. The largest absolute Gasteiger partial charge is 0.339 e. The lowest BCUT2D eigenvalue weighted by atomic mass is 10.1. The molecule has 2 aliphatic rings. The average molecular weight is 446 g/mol. The number of hydrogen-bond acceptors (Lipinski definition) is 6. The molecule has 1 amide bonds. The fourth-order valence-corrected chi connectivity index (χ4v) is 7.42. The van der Waals surface area contributed by atoms with Crippen molar-refractivity contribution in [2.45, 2.75) is 17.2 Å². The molecule has 2 aromatic heterocycles. The normalized spacial score (nSPS) is 19.2. The highest BCUT2D eigenvalue weighted by Gasteiger charge is 2.31. The van der Waals surface area contributed by atoms with E-state index in [4.69, 9.17) is 11.6 Å². The van der Waals surface area contributed by atoms with Crippen molar-refractivity contribution >= 4 is 50.2 Å². The molecule has 0 saturated carbocycles. The molecule has 1 saturated heterocycles. The second-order valence-corrected chi connectivity index (χ2v) is 11.6. The van der Waals surface area contributed by atoms with Gasteiger partial charge in [0.25, 0.3) is 10.0 Å². The van der Waals surface area contributed by atoms with Crippen LogP contribution in [0.15, 0.2) is 27.8 Å². The first-order valence-electron chi connectivity index (χ1n) is 8.74. The number of rotatable bonds is 4. The van der Waals surface area contributed by atoms with E-state index in [1.807, 2.05) is 0 Å². The zero-order chi connectivity index (χ0) is 19.0. The molecular formula is C17H20ClN3O3S3. The van der Waals surface area contributed by atoms with Crippen molar-refractivity contribution in [1.82, 2.24) is 14.1 Å². The fourth-order valence-electron chi connectivity index (χ4n) is 3.47. The van der Waals surface area contributed by atoms with Crippen LogP contribution in [0.1, 0.15) is 10.4 Å². The monoisotopic (exact) mass is 445 g/mol. The van der Waals surface area contributed by atoms with Crippen LogP contribution in [0.3, 0.4) is 0 Å². The summed E-state index contributed by atoms with van der Waals surface area (Å²) in [4.78, 5) is 18.0. The predicted octanol–water partition coefficient (Wildman–Crippen LogP) is 2.35. The molecule has 0 aromatic carbocycles. The van der Waals surface area contributed by atoms with Gasteiger partial charge in [-0.1, -0.05) is 11.6 Å². The quantitative estimate of drug-likeness (QED) is 0.724. The summed E-state index contributed by atoms with van der Waals surface area (Å²) in [5, 5.41) is 2.11. The second kappa shape index (κ2) is 7.81. The van der Waals surface area contributed by atoms with Crippen LogP contribution in [-0.2, 0) is 27.8 Å². The first-order valence-corrected chi connectivity index (χ1v) is 12.3. The fraction of sp³-hybridized carbons (Fsp3) is 0.471. The van der Waals surface area contributed by atoms with Crippen LogP contribution >= 0.6 is 34.3 Å². The molecule has 1 fully saturated rings. The molecule has 0 aliphatic carbocycles. The lowest BCUT2D eigenvalue weighted by Crippen LogP contribution is -2.52. The number of fused-ring (bicyclic) bond motifs is 1. The predicted molar refractivity (Wildman–Crippen MR) is 108 cm³/mol. The van der Waals surface area contributed by atoms with Crippen LogP contribution in [-0.4, -0.2) is 67.7 Å². The molecular weight excluding hydrogens is 426 g/mol. The summed E-state index contributed by atoms with van der Waals surface area (Å²) in [7, 11) is -3.52. The standard InChI is InChI=1S/C17H20ClN3O3S3/c18-15-1-2-17(26-15)27(23,24)21-8-6-20(7-9-21)16(22)12-19-5-3-14-13(11-19)4-10-25-14/h1-2,4,10H,3,5-9,11-12H2. The van der Waals surface area contributed by atoms with Crippen LogP contribution in [0.5, 0.6) is 0 Å². The van der Waals surface area contributed by atoms with E-state index in [0.29, 0.717) is 37.1 Å². The SMILES string of the molecule is O=C(CN1CCc2sccc2C1)N1CCN(S(=O)(=O)c2ccc(Cl)s2)CC1. The van der Waals surface area contributed by atoms with Gasteiger partial charge in [0.05, 0.1) is 10.9 Å². The Balaban J connectivity index is 1.32. The van der Waals surface area contributed by atoms with E-state index < -0.39 is 10.0 Å². The van der Waals surface area contributed by atoms with Crippen molar-refractivity contribution in [3.63, 3.8) is 0 Å². The summed E-state index contributed by atoms with van der Waals surface area (Å²) in [5.74, 6) is 0.0740. The third kappa shape index (κ3) is 4.08. The molecule has 4 rings (SSSR count). The number of thiophene rings is 2. The van der Waals surface area contributed by atoms with Crippen molar-refractivity contribution in [1.29, 1.82) is 0 Å². The van der Waals surface area contributed by atoms with E-state index in [1.54, 1.807) is 22.3 Å². The molecule has 146 valence electrons. The Morgan fingerprint density at radius 2 is 1.89 bits per heavy atom. The van der Waals surface area contributed by atoms with Gasteiger partial charge >= 0.3 is 0 Å². The van der Waals surface area contributed by atoms with Gasteiger partial charge in [-0.05, 0) is 35.6 Å². The number of nitrogens with zero attached hydrogens (tertiary/aromatic N) is 3. The zero-order valence-electron chi connectivity index (χ0n) is 14.6. The third-order valence-electron chi connectivity index (χ3n) is 4.98. The number of piperazine rings is 1. The molecule has 0 N–H and O–H groups in total. The lowest BCUT2D eigenvalue weighted by Gasteiger charge is -2.35. The van der Waals surface area contributed by atoms with Gasteiger partial charge in [-0.3, -0.25) is 9.69 Å². The number of amides is 1. The smallest absolute Gasteiger partial charge is 0.252 e. The lowest BCUT2D eigenvalue weighted by molar-refractivity contribution is -0.133. The third-order valence-corrected chi connectivity index (χ3v) is 9.60. The molecule has 0 radical (unpaired) electrons. The Morgan fingerprint density at radius 3 is 2.59 bits per heavy atom. The van der Waals surface area contributed by atoms with E-state index in [-0.39, 0.29) is 10.1 Å². The maximum absolute atomic E-state index is 12.7. The number of carbonyl (C=O) groups excluding carboxylic acids is 1. The Bertz CT molecular complexity index is 932. The Labute approximate surface area is 172 Å². The van der Waals surface area contributed by atoms with Crippen molar-refractivity contribution in [3.8, 4) is 0 Å². The number of carbonyl (C=O) groups is 1. The van der Waals surface area contributed by atoms with Gasteiger partial charge in [-0.2, -0.15) is 4.31 Å². The molecule has 0 atom stereocenters. The van der Waals surface area contributed by atoms with Gasteiger partial charge in [0.1, 0.15) is 4.21 Å². The van der Waals surface area contributed by atoms with Crippen LogP contribution in [0.4, 0.5) is 0 Å². The van der Waals surface area contributed by atoms with E-state index in [2.05, 4.69) is 16.3 Å². The van der Waals surface area contributed by atoms with E-state index in [9.17, 15) is 13.2 Å². The molecule has 6 nitrogen and oxygen atoms in total. The number of sulfonamides is 1. The van der Waals surface area contributed by atoms with Crippen LogP contribution in [0.25, 0.3) is 0 Å². The summed E-state index contributed by atoms with van der Waals surface area (Å²) >= 11 is 8.71. The van der Waals surface area contributed by atoms with Gasteiger partial charge < -0.3 is 4.90 Å². The average Bonchev–Trinajstić information content (AvgIpc) is 3.30. The minimum atomic E-state index is -3.52. The minimum Gasteiger partial charge on any atom is -0.339 e. The molecule has 4 heterocycles. The van der Waals surface area contributed by atoms with Gasteiger partial charge in [-0.25, -0.2) is 8.42 Å². The minimum absolute atomic E-state index is 0.0740. The molecule has 0 bridgehead atoms. The Kier molecular flexibility index (Phi) is 5.59. The highest BCUT2D eigenvalue weighted by molar-refractivity contribution is 7.91. The summed E-state index contributed by atoms with van der Waals surface area (Å²) in [6.07, 6.45) is 0.996. The van der Waals surface area contributed by atoms with Gasteiger partial charge in [-0.15, -0.1) is 22.7 Å². The molecule has 2 aliphatic heterocycles. The van der Waals surface area contributed by atoms with Crippen molar-refractivity contribution in [2.24, 2.45) is 0 Å². The van der Waals surface area contributed by atoms with Crippen LogP contribution in [0.2, 0.25) is 4.34 Å². The first kappa shape index (κ1) is 19.4. The maximum atomic E-state index is 12.7. The van der Waals surface area contributed by atoms with Crippen molar-refractivity contribution in [3.05, 3.63) is 38.4 Å². The summed E-state index contributed by atoms with van der Waals surface area (Å²) in [5.41, 5.74) is 1.32.